The van der Waals surface area contributed by atoms with E-state index in [1.165, 1.54) is 0 Å². The van der Waals surface area contributed by atoms with E-state index in [0.29, 0.717) is 23.8 Å². The molecular weight excluding hydrogens is 432 g/mol. The van der Waals surface area contributed by atoms with Gasteiger partial charge < -0.3 is 19.7 Å². The van der Waals surface area contributed by atoms with Crippen molar-refractivity contribution in [1.29, 1.82) is 0 Å². The topological polar surface area (TPSA) is 96.4 Å². The number of hydrogen-bond acceptors (Lipinski definition) is 6. The van der Waals surface area contributed by atoms with E-state index in [9.17, 15) is 19.8 Å². The van der Waals surface area contributed by atoms with Crippen LogP contribution >= 0.6 is 0 Å². The van der Waals surface area contributed by atoms with E-state index in [4.69, 9.17) is 9.47 Å². The molecule has 0 bridgehead atoms. The second kappa shape index (κ2) is 6.83. The Balaban J connectivity index is 1.31. The lowest BCUT2D eigenvalue weighted by Crippen LogP contribution is -2.64. The summed E-state index contributed by atoms with van der Waals surface area (Å²) in [6.45, 7) is 9.96. The molecule has 6 rings (SSSR count). The summed E-state index contributed by atoms with van der Waals surface area (Å²) in [7, 11) is 0. The van der Waals surface area contributed by atoms with E-state index in [-0.39, 0.29) is 35.1 Å². The van der Waals surface area contributed by atoms with E-state index >= 15 is 0 Å². The second-order valence-electron chi connectivity index (χ2n) is 12.8. The molecular formula is C28H38O6. The van der Waals surface area contributed by atoms with Crippen LogP contribution in [0.1, 0.15) is 73.1 Å². The van der Waals surface area contributed by atoms with Gasteiger partial charge in [0.25, 0.3) is 0 Å². The third-order valence-electron chi connectivity index (χ3n) is 11.7. The van der Waals surface area contributed by atoms with E-state index in [0.717, 1.165) is 37.7 Å². The van der Waals surface area contributed by atoms with Crippen LogP contribution in [0.25, 0.3) is 0 Å². The number of rotatable bonds is 2. The number of ketones is 1. The van der Waals surface area contributed by atoms with Gasteiger partial charge in [0.1, 0.15) is 23.4 Å². The molecule has 0 amide bonds. The smallest absolute Gasteiger partial charge is 0.334 e. The monoisotopic (exact) mass is 470 g/mol. The largest absolute Gasteiger partial charge is 0.456 e. The molecule has 6 aliphatic rings. The molecule has 34 heavy (non-hydrogen) atoms. The molecule has 0 aromatic heterocycles. The number of fused-ring (bicyclic) bond motifs is 4. The molecule has 0 aromatic rings. The van der Waals surface area contributed by atoms with E-state index in [1.807, 2.05) is 20.8 Å². The zero-order chi connectivity index (χ0) is 24.4. The lowest BCUT2D eigenvalue weighted by molar-refractivity contribution is -0.184. The van der Waals surface area contributed by atoms with Crippen LogP contribution < -0.4 is 0 Å². The summed E-state index contributed by atoms with van der Waals surface area (Å²) in [6, 6.07) is 0. The third-order valence-corrected chi connectivity index (χ3v) is 11.7. The van der Waals surface area contributed by atoms with Gasteiger partial charge in [0.05, 0.1) is 11.5 Å². The van der Waals surface area contributed by atoms with Gasteiger partial charge in [-0.15, -0.1) is 0 Å². The molecule has 1 saturated heterocycles. The SMILES string of the molecule is CC1=C(C)C(=O)OC([C@](C)(O)[C@H]2CC[C@H]3C4C[C@H]5O[C@]56[C@@H](O)C=CC(=O)[C@]6(C)[C@H]4CC[C@@]32C)C1. The maximum atomic E-state index is 13.3. The molecule has 6 nitrogen and oxygen atoms in total. The molecule has 2 heterocycles. The van der Waals surface area contributed by atoms with Gasteiger partial charge >= 0.3 is 5.97 Å². The standard InChI is InChI=1S/C28H38O6/c1-14-12-22(33-24(31)15(14)2)27(5,32)19-7-6-17-16-13-23-28(34-23)21(30)9-8-20(29)26(28,4)18(16)10-11-25(17,19)3/h8-9,16-19,21-23,30,32H,6-7,10-13H2,1-5H3/t16?,17-,18-,19-,21-,22?,23+,25-,26-,27+,28+/m0/s1. The number of carbonyl (C=O) groups is 2. The van der Waals surface area contributed by atoms with Crippen molar-refractivity contribution in [2.24, 2.45) is 34.5 Å². The molecule has 186 valence electrons. The summed E-state index contributed by atoms with van der Waals surface area (Å²) in [5, 5.41) is 22.7. The van der Waals surface area contributed by atoms with Crippen molar-refractivity contribution in [2.75, 3.05) is 0 Å². The van der Waals surface area contributed by atoms with Crippen LogP contribution in [0.4, 0.5) is 0 Å². The molecule has 2 N–H and O–H groups in total. The van der Waals surface area contributed by atoms with E-state index < -0.39 is 28.8 Å². The fourth-order valence-electron chi connectivity index (χ4n) is 9.56. The first-order valence-electron chi connectivity index (χ1n) is 13.1. The predicted molar refractivity (Wildman–Crippen MR) is 125 cm³/mol. The van der Waals surface area contributed by atoms with Gasteiger partial charge in [-0.05, 0) is 101 Å². The summed E-state index contributed by atoms with van der Waals surface area (Å²) in [6.07, 6.45) is 6.96. The van der Waals surface area contributed by atoms with Gasteiger partial charge in [-0.25, -0.2) is 4.79 Å². The maximum absolute atomic E-state index is 13.3. The highest BCUT2D eigenvalue weighted by atomic mass is 16.6. The highest BCUT2D eigenvalue weighted by Gasteiger charge is 2.80. The Morgan fingerprint density at radius 2 is 1.85 bits per heavy atom. The quantitative estimate of drug-likeness (QED) is 0.474. The van der Waals surface area contributed by atoms with Crippen LogP contribution in [0.2, 0.25) is 0 Å². The Morgan fingerprint density at radius 1 is 1.12 bits per heavy atom. The minimum absolute atomic E-state index is 0.0158. The molecule has 0 aromatic carbocycles. The Hall–Kier alpha value is -1.50. The summed E-state index contributed by atoms with van der Waals surface area (Å²) in [5.41, 5.74) is -1.02. The summed E-state index contributed by atoms with van der Waals surface area (Å²) >= 11 is 0. The Morgan fingerprint density at radius 3 is 2.56 bits per heavy atom. The number of carbonyl (C=O) groups excluding carboxylic acids is 2. The van der Waals surface area contributed by atoms with Crippen molar-refractivity contribution in [3.8, 4) is 0 Å². The maximum Gasteiger partial charge on any atom is 0.334 e. The number of cyclic esters (lactones) is 1. The number of hydrogen-bond donors (Lipinski definition) is 2. The first-order chi connectivity index (χ1) is 15.9. The van der Waals surface area contributed by atoms with Gasteiger partial charge in [-0.2, -0.15) is 0 Å². The van der Waals surface area contributed by atoms with Crippen molar-refractivity contribution in [3.05, 3.63) is 23.3 Å². The molecule has 3 saturated carbocycles. The van der Waals surface area contributed by atoms with Crippen molar-refractivity contribution in [2.45, 2.75) is 103 Å². The molecule has 4 fully saturated rings. The predicted octanol–water partition coefficient (Wildman–Crippen LogP) is 3.50. The van der Waals surface area contributed by atoms with Crippen LogP contribution in [-0.2, 0) is 19.1 Å². The first kappa shape index (κ1) is 22.9. The van der Waals surface area contributed by atoms with Gasteiger partial charge in [-0.3, -0.25) is 4.79 Å². The van der Waals surface area contributed by atoms with E-state index in [1.54, 1.807) is 19.1 Å². The Kier molecular flexibility index (Phi) is 4.61. The minimum atomic E-state index is -1.12. The van der Waals surface area contributed by atoms with Crippen molar-refractivity contribution >= 4 is 11.8 Å². The number of esters is 1. The fraction of sp³-hybridized carbons (Fsp3) is 0.786. The molecule has 6 heteroatoms. The van der Waals surface area contributed by atoms with Crippen LogP contribution in [0.15, 0.2) is 23.3 Å². The normalized spacial score (nSPS) is 53.3. The average Bonchev–Trinajstić information content (AvgIpc) is 3.40. The summed E-state index contributed by atoms with van der Waals surface area (Å²) in [4.78, 5) is 25.7. The highest BCUT2D eigenvalue weighted by molar-refractivity contribution is 5.98. The Bertz CT molecular complexity index is 1030. The van der Waals surface area contributed by atoms with Crippen LogP contribution in [-0.4, -0.2) is 51.5 Å². The fourth-order valence-corrected chi connectivity index (χ4v) is 9.56. The molecule has 2 aliphatic heterocycles. The average molecular weight is 471 g/mol. The van der Waals surface area contributed by atoms with Gasteiger partial charge in [0, 0.05) is 12.0 Å². The molecule has 0 radical (unpaired) electrons. The van der Waals surface area contributed by atoms with Crippen molar-refractivity contribution in [3.63, 3.8) is 0 Å². The lowest BCUT2D eigenvalue weighted by atomic mass is 9.44. The number of ether oxygens (including phenoxy) is 2. The lowest BCUT2D eigenvalue weighted by Gasteiger charge is -2.59. The number of aliphatic hydroxyl groups is 2. The molecule has 4 aliphatic carbocycles. The minimum Gasteiger partial charge on any atom is -0.456 e. The highest BCUT2D eigenvalue weighted by Crippen LogP contribution is 2.73. The Labute approximate surface area is 201 Å². The van der Waals surface area contributed by atoms with Crippen molar-refractivity contribution in [1.82, 2.24) is 0 Å². The summed E-state index contributed by atoms with van der Waals surface area (Å²) in [5.74, 6) is 0.651. The van der Waals surface area contributed by atoms with Gasteiger partial charge in [0.15, 0.2) is 5.78 Å². The number of allylic oxidation sites excluding steroid dienone is 1. The third kappa shape index (κ3) is 2.53. The number of aliphatic hydroxyl groups excluding tert-OH is 1. The van der Waals surface area contributed by atoms with Crippen LogP contribution in [0, 0.1) is 34.5 Å². The van der Waals surface area contributed by atoms with Crippen molar-refractivity contribution < 1.29 is 29.3 Å². The first-order valence-corrected chi connectivity index (χ1v) is 13.1. The number of epoxide rings is 1. The van der Waals surface area contributed by atoms with Crippen LogP contribution in [0.5, 0.6) is 0 Å². The van der Waals surface area contributed by atoms with Crippen LogP contribution in [0.3, 0.4) is 0 Å². The van der Waals surface area contributed by atoms with Gasteiger partial charge in [0.2, 0.25) is 0 Å². The zero-order valence-corrected chi connectivity index (χ0v) is 21.0. The molecule has 2 unspecified atom stereocenters. The molecule has 1 spiro atoms. The zero-order valence-electron chi connectivity index (χ0n) is 21.0. The van der Waals surface area contributed by atoms with Gasteiger partial charge in [-0.1, -0.05) is 12.5 Å². The molecule has 11 atom stereocenters. The summed E-state index contributed by atoms with van der Waals surface area (Å²) < 4.78 is 12.0. The van der Waals surface area contributed by atoms with E-state index in [2.05, 4.69) is 6.92 Å². The second-order valence-corrected chi connectivity index (χ2v) is 12.8.